The zero-order chi connectivity index (χ0) is 27.2. The van der Waals surface area contributed by atoms with E-state index in [1.165, 1.54) is 27.4 Å². The molecule has 0 bridgehead atoms. The van der Waals surface area contributed by atoms with Gasteiger partial charge in [0.25, 0.3) is 5.56 Å². The van der Waals surface area contributed by atoms with Crippen molar-refractivity contribution < 1.29 is 19.3 Å². The van der Waals surface area contributed by atoms with E-state index in [9.17, 15) is 14.7 Å². The van der Waals surface area contributed by atoms with E-state index in [4.69, 9.17) is 25.8 Å². The van der Waals surface area contributed by atoms with Gasteiger partial charge in [-0.15, -0.1) is 0 Å². The summed E-state index contributed by atoms with van der Waals surface area (Å²) in [6, 6.07) is 18.7. The molecule has 0 amide bonds. The largest absolute Gasteiger partial charge is 0.493 e. The summed E-state index contributed by atoms with van der Waals surface area (Å²) in [6.45, 7) is 0.0566. The summed E-state index contributed by atoms with van der Waals surface area (Å²) in [5, 5.41) is 14.6. The lowest BCUT2D eigenvalue weighted by molar-refractivity contribution is 0.324. The van der Waals surface area contributed by atoms with Crippen molar-refractivity contribution in [3.63, 3.8) is 0 Å². The Balaban J connectivity index is 1.87. The van der Waals surface area contributed by atoms with Gasteiger partial charge in [-0.25, -0.2) is 9.36 Å². The van der Waals surface area contributed by atoms with Gasteiger partial charge >= 0.3 is 5.69 Å². The minimum Gasteiger partial charge on any atom is -0.493 e. The van der Waals surface area contributed by atoms with Crippen LogP contribution in [0.5, 0.6) is 23.1 Å². The number of aromatic hydroxyl groups is 1. The lowest BCUT2D eigenvalue weighted by Crippen LogP contribution is -2.35. The Labute approximate surface area is 222 Å². The van der Waals surface area contributed by atoms with Gasteiger partial charge in [0.15, 0.2) is 11.5 Å². The van der Waals surface area contributed by atoms with Gasteiger partial charge in [0.05, 0.1) is 33.6 Å². The van der Waals surface area contributed by atoms with Crippen molar-refractivity contribution in [1.82, 2.24) is 9.55 Å². The molecule has 3 N–H and O–H groups in total. The molecule has 0 aliphatic rings. The summed E-state index contributed by atoms with van der Waals surface area (Å²) < 4.78 is 17.2. The predicted molar refractivity (Wildman–Crippen MR) is 146 cm³/mol. The van der Waals surface area contributed by atoms with E-state index in [-0.39, 0.29) is 23.6 Å². The smallest absolute Gasteiger partial charge is 0.335 e. The number of H-pyrrole nitrogens is 1. The van der Waals surface area contributed by atoms with Gasteiger partial charge in [0.2, 0.25) is 11.6 Å². The van der Waals surface area contributed by atoms with E-state index >= 15 is 0 Å². The number of aromatic amines is 1. The monoisotopic (exact) mass is 536 g/mol. The van der Waals surface area contributed by atoms with E-state index in [1.54, 1.807) is 54.6 Å². The summed E-state index contributed by atoms with van der Waals surface area (Å²) in [5.74, 6) is 0.718. The molecule has 10 nitrogen and oxygen atoms in total. The molecule has 0 fully saturated rings. The van der Waals surface area contributed by atoms with Crippen LogP contribution in [0.3, 0.4) is 0 Å². The van der Waals surface area contributed by atoms with Gasteiger partial charge in [0.1, 0.15) is 11.4 Å². The molecule has 0 saturated carbocycles. The number of hydrogen-bond acceptors (Lipinski definition) is 7. The Hall–Kier alpha value is -4.70. The maximum Gasteiger partial charge on any atom is 0.335 e. The molecule has 4 rings (SSSR count). The molecule has 0 spiro atoms. The van der Waals surface area contributed by atoms with Crippen molar-refractivity contribution >= 4 is 23.1 Å². The first-order chi connectivity index (χ1) is 18.4. The highest BCUT2D eigenvalue weighted by Gasteiger charge is 2.21. The van der Waals surface area contributed by atoms with Gasteiger partial charge < -0.3 is 24.6 Å². The van der Waals surface area contributed by atoms with Crippen LogP contribution in [-0.4, -0.2) is 41.8 Å². The number of aliphatic imine (C=N–C) groups is 1. The quantitative estimate of drug-likeness (QED) is 0.230. The summed E-state index contributed by atoms with van der Waals surface area (Å²) in [7, 11) is 4.51. The van der Waals surface area contributed by atoms with E-state index in [2.05, 4.69) is 15.3 Å². The number of para-hydroxylation sites is 1. The van der Waals surface area contributed by atoms with Crippen molar-refractivity contribution in [1.29, 1.82) is 0 Å². The highest BCUT2D eigenvalue weighted by Crippen LogP contribution is 2.38. The van der Waals surface area contributed by atoms with E-state index in [0.717, 1.165) is 4.57 Å². The molecule has 0 aliphatic heterocycles. The SMILES string of the molecule is COc1cc(CN=C(Nc2ccccc2)c2c(O)n(-c3cccc(Cl)c3)c(=O)[nH]c2=O)cc(OC)c1OC. The normalized spacial score (nSPS) is 11.2. The second-order valence-corrected chi connectivity index (χ2v) is 8.40. The molecule has 196 valence electrons. The average molecular weight is 537 g/mol. The number of rotatable bonds is 8. The molecule has 0 aliphatic carbocycles. The molecule has 38 heavy (non-hydrogen) atoms. The molecule has 0 atom stereocenters. The lowest BCUT2D eigenvalue weighted by Gasteiger charge is -2.16. The zero-order valence-electron chi connectivity index (χ0n) is 20.8. The third-order valence-corrected chi connectivity index (χ3v) is 5.81. The molecule has 11 heteroatoms. The fourth-order valence-electron chi connectivity index (χ4n) is 3.83. The number of nitrogens with zero attached hydrogens (tertiary/aromatic N) is 2. The first-order valence-corrected chi connectivity index (χ1v) is 11.7. The fourth-order valence-corrected chi connectivity index (χ4v) is 4.01. The Morgan fingerprint density at radius 2 is 1.66 bits per heavy atom. The average Bonchev–Trinajstić information content (AvgIpc) is 2.91. The molecule has 4 aromatic rings. The second kappa shape index (κ2) is 11.6. The number of hydrogen-bond donors (Lipinski definition) is 3. The number of benzene rings is 3. The molecule has 3 aromatic carbocycles. The van der Waals surface area contributed by atoms with Gasteiger partial charge in [-0.1, -0.05) is 35.9 Å². The van der Waals surface area contributed by atoms with Gasteiger partial charge in [-0.05, 0) is 48.0 Å². The maximum atomic E-state index is 13.0. The third-order valence-electron chi connectivity index (χ3n) is 5.57. The molecule has 0 unspecified atom stereocenters. The number of ether oxygens (including phenoxy) is 3. The van der Waals surface area contributed by atoms with Crippen molar-refractivity contribution in [3.05, 3.63) is 104 Å². The van der Waals surface area contributed by atoms with Crippen LogP contribution in [0.15, 0.2) is 81.3 Å². The summed E-state index contributed by atoms with van der Waals surface area (Å²) in [6.07, 6.45) is 0. The van der Waals surface area contributed by atoms with Crippen LogP contribution >= 0.6 is 11.6 Å². The van der Waals surface area contributed by atoms with Crippen LogP contribution in [-0.2, 0) is 6.54 Å². The van der Waals surface area contributed by atoms with Gasteiger partial charge in [0, 0.05) is 10.7 Å². The summed E-state index contributed by atoms with van der Waals surface area (Å²) in [5.41, 5.74) is -0.344. The maximum absolute atomic E-state index is 13.0. The summed E-state index contributed by atoms with van der Waals surface area (Å²) >= 11 is 6.09. The number of amidine groups is 1. The zero-order valence-corrected chi connectivity index (χ0v) is 21.6. The van der Waals surface area contributed by atoms with Gasteiger partial charge in [-0.3, -0.25) is 14.8 Å². The molecule has 0 saturated heterocycles. The van der Waals surface area contributed by atoms with E-state index < -0.39 is 17.1 Å². The fraction of sp³-hybridized carbons (Fsp3) is 0.148. The van der Waals surface area contributed by atoms with E-state index in [0.29, 0.717) is 33.5 Å². The van der Waals surface area contributed by atoms with Crippen LogP contribution < -0.4 is 30.8 Å². The number of nitrogens with one attached hydrogen (secondary N) is 2. The molecule has 1 heterocycles. The third kappa shape index (κ3) is 5.50. The molecule has 0 radical (unpaired) electrons. The van der Waals surface area contributed by atoms with E-state index in [1.807, 2.05) is 6.07 Å². The summed E-state index contributed by atoms with van der Waals surface area (Å²) in [4.78, 5) is 32.6. The van der Waals surface area contributed by atoms with Gasteiger partial charge in [-0.2, -0.15) is 0 Å². The Kier molecular flexibility index (Phi) is 8.03. The topological polar surface area (TPSA) is 127 Å². The van der Waals surface area contributed by atoms with Crippen LogP contribution in [0.2, 0.25) is 5.02 Å². The van der Waals surface area contributed by atoms with Crippen LogP contribution in [0.4, 0.5) is 5.69 Å². The Morgan fingerprint density at radius 3 is 2.26 bits per heavy atom. The van der Waals surface area contributed by atoms with Crippen molar-refractivity contribution in [2.24, 2.45) is 4.99 Å². The highest BCUT2D eigenvalue weighted by molar-refractivity contribution is 6.30. The van der Waals surface area contributed by atoms with Crippen molar-refractivity contribution in [3.8, 4) is 28.8 Å². The number of halogens is 1. The number of anilines is 1. The predicted octanol–water partition coefficient (Wildman–Crippen LogP) is 3.97. The first-order valence-electron chi connectivity index (χ1n) is 11.4. The van der Waals surface area contributed by atoms with Crippen LogP contribution in [0.1, 0.15) is 11.1 Å². The second-order valence-electron chi connectivity index (χ2n) is 7.96. The number of aromatic nitrogens is 2. The standard InChI is InChI=1S/C27H25ClN4O6/c1-36-20-12-16(13-21(37-2)23(20)38-3)15-29-24(30-18-9-5-4-6-10-18)22-25(33)31-27(35)32(26(22)34)19-11-7-8-17(28)14-19/h4-14,34H,15H2,1-3H3,(H,29,30)(H,31,33,35). The number of methoxy groups -OCH3 is 3. The van der Waals surface area contributed by atoms with Crippen LogP contribution in [0, 0.1) is 0 Å². The Morgan fingerprint density at radius 1 is 0.974 bits per heavy atom. The minimum atomic E-state index is -0.831. The van der Waals surface area contributed by atoms with Crippen molar-refractivity contribution in [2.75, 3.05) is 26.6 Å². The first kappa shape index (κ1) is 26.4. The lowest BCUT2D eigenvalue weighted by atomic mass is 10.1. The molecule has 1 aromatic heterocycles. The molecular weight excluding hydrogens is 512 g/mol. The highest BCUT2D eigenvalue weighted by atomic mass is 35.5. The Bertz CT molecular complexity index is 1570. The molecular formula is C27H25ClN4O6. The van der Waals surface area contributed by atoms with Crippen molar-refractivity contribution in [2.45, 2.75) is 6.54 Å². The minimum absolute atomic E-state index is 0.0273. The van der Waals surface area contributed by atoms with Crippen LogP contribution in [0.25, 0.3) is 5.69 Å².